The van der Waals surface area contributed by atoms with Crippen molar-refractivity contribution in [3.63, 3.8) is 0 Å². The maximum Gasteiger partial charge on any atom is 0.0345 e. The Bertz CT molecular complexity index is 495. The number of hydrogen-bond acceptors (Lipinski definition) is 2. The van der Waals surface area contributed by atoms with Gasteiger partial charge in [0.05, 0.1) is 0 Å². The first-order valence-electron chi connectivity index (χ1n) is 7.32. The van der Waals surface area contributed by atoms with Gasteiger partial charge < -0.3 is 5.32 Å². The van der Waals surface area contributed by atoms with Gasteiger partial charge in [-0.3, -0.25) is 0 Å². The van der Waals surface area contributed by atoms with E-state index in [0.29, 0.717) is 0 Å². The van der Waals surface area contributed by atoms with Crippen LogP contribution < -0.4 is 5.32 Å². The molecular formula is C17H25NS. The molecule has 104 valence electrons. The van der Waals surface area contributed by atoms with Gasteiger partial charge in [0.15, 0.2) is 0 Å². The third-order valence-corrected chi connectivity index (χ3v) is 5.03. The summed E-state index contributed by atoms with van der Waals surface area (Å²) in [5.41, 5.74) is 1.39. The number of hydrogen-bond donors (Lipinski definition) is 1. The molecule has 1 aliphatic rings. The van der Waals surface area contributed by atoms with Gasteiger partial charge in [0.2, 0.25) is 0 Å². The molecule has 2 heterocycles. The number of nitrogens with one attached hydrogen (secondary N) is 1. The fourth-order valence-electron chi connectivity index (χ4n) is 2.56. The van der Waals surface area contributed by atoms with Crippen molar-refractivity contribution in [2.45, 2.75) is 33.6 Å². The van der Waals surface area contributed by atoms with E-state index in [-0.39, 0.29) is 0 Å². The molecule has 2 aromatic rings. The lowest BCUT2D eigenvalue weighted by atomic mass is 9.89. The van der Waals surface area contributed by atoms with Gasteiger partial charge >= 0.3 is 0 Å². The average molecular weight is 275 g/mol. The van der Waals surface area contributed by atoms with Crippen LogP contribution in [0, 0.1) is 18.8 Å². The summed E-state index contributed by atoms with van der Waals surface area (Å²) in [6.45, 7) is 9.27. The summed E-state index contributed by atoms with van der Waals surface area (Å²) in [5.74, 6) is 1.82. The quantitative estimate of drug-likeness (QED) is 0.784. The number of rotatable bonds is 1. The van der Waals surface area contributed by atoms with E-state index in [0.717, 1.165) is 11.8 Å². The molecule has 0 radical (unpaired) electrons. The Morgan fingerprint density at radius 2 is 2.05 bits per heavy atom. The van der Waals surface area contributed by atoms with Crippen LogP contribution in [0.3, 0.4) is 0 Å². The predicted octanol–water partition coefficient (Wildman–Crippen LogP) is 4.85. The van der Waals surface area contributed by atoms with Crippen molar-refractivity contribution in [2.75, 3.05) is 13.1 Å². The van der Waals surface area contributed by atoms with Gasteiger partial charge in [-0.15, -0.1) is 11.3 Å². The average Bonchev–Trinajstić information content (AvgIpc) is 2.83. The molecule has 0 amide bonds. The number of fused-ring (bicyclic) bond motifs is 1. The SMILES string of the molecule is CC(C)C1CCCNC1.Cc1csc2ccccc12. The second-order valence-corrected chi connectivity index (χ2v) is 6.68. The molecule has 1 aliphatic heterocycles. The second kappa shape index (κ2) is 7.06. The van der Waals surface area contributed by atoms with Crippen LogP contribution in [0.2, 0.25) is 0 Å². The molecular weight excluding hydrogens is 250 g/mol. The molecule has 0 spiro atoms. The molecule has 1 atom stereocenters. The van der Waals surface area contributed by atoms with Crippen LogP contribution in [-0.4, -0.2) is 13.1 Å². The lowest BCUT2D eigenvalue weighted by Gasteiger charge is -2.25. The summed E-state index contributed by atoms with van der Waals surface area (Å²) in [4.78, 5) is 0. The first-order valence-corrected chi connectivity index (χ1v) is 8.20. The molecule has 0 aliphatic carbocycles. The maximum absolute atomic E-state index is 3.42. The third kappa shape index (κ3) is 4.05. The van der Waals surface area contributed by atoms with E-state index in [2.05, 4.69) is 55.7 Å². The van der Waals surface area contributed by atoms with Gasteiger partial charge in [-0.25, -0.2) is 0 Å². The zero-order valence-electron chi connectivity index (χ0n) is 12.3. The Labute approximate surface area is 121 Å². The predicted molar refractivity (Wildman–Crippen MR) is 87.0 cm³/mol. The van der Waals surface area contributed by atoms with Crippen LogP contribution >= 0.6 is 11.3 Å². The Kier molecular flexibility index (Phi) is 5.41. The fourth-order valence-corrected chi connectivity index (χ4v) is 3.50. The highest BCUT2D eigenvalue weighted by Gasteiger charge is 2.15. The van der Waals surface area contributed by atoms with Crippen molar-refractivity contribution in [1.29, 1.82) is 0 Å². The van der Waals surface area contributed by atoms with Crippen molar-refractivity contribution >= 4 is 21.4 Å². The van der Waals surface area contributed by atoms with Gasteiger partial charge in [0, 0.05) is 4.70 Å². The van der Waals surface area contributed by atoms with Crippen LogP contribution in [-0.2, 0) is 0 Å². The Morgan fingerprint density at radius 1 is 1.26 bits per heavy atom. The lowest BCUT2D eigenvalue weighted by molar-refractivity contribution is 0.296. The highest BCUT2D eigenvalue weighted by molar-refractivity contribution is 7.17. The topological polar surface area (TPSA) is 12.0 Å². The molecule has 1 aromatic heterocycles. The molecule has 19 heavy (non-hydrogen) atoms. The minimum atomic E-state index is 0.873. The van der Waals surface area contributed by atoms with Gasteiger partial charge in [-0.1, -0.05) is 32.0 Å². The molecule has 1 aromatic carbocycles. The largest absolute Gasteiger partial charge is 0.316 e. The summed E-state index contributed by atoms with van der Waals surface area (Å²) in [5, 5.41) is 7.01. The molecule has 2 heteroatoms. The number of benzene rings is 1. The highest BCUT2D eigenvalue weighted by Crippen LogP contribution is 2.24. The summed E-state index contributed by atoms with van der Waals surface area (Å²) in [6, 6.07) is 8.49. The van der Waals surface area contributed by atoms with Crippen LogP contribution in [0.5, 0.6) is 0 Å². The number of aryl methyl sites for hydroxylation is 1. The minimum absolute atomic E-state index is 0.873. The van der Waals surface area contributed by atoms with Crippen molar-refractivity contribution in [2.24, 2.45) is 11.8 Å². The highest BCUT2D eigenvalue weighted by atomic mass is 32.1. The van der Waals surface area contributed by atoms with Crippen LogP contribution in [0.25, 0.3) is 10.1 Å². The summed E-state index contributed by atoms with van der Waals surface area (Å²) in [6.07, 6.45) is 2.81. The van der Waals surface area contributed by atoms with Gasteiger partial charge in [-0.05, 0) is 67.1 Å². The van der Waals surface area contributed by atoms with Gasteiger partial charge in [-0.2, -0.15) is 0 Å². The summed E-state index contributed by atoms with van der Waals surface area (Å²) in [7, 11) is 0. The number of piperidine rings is 1. The Morgan fingerprint density at radius 3 is 2.63 bits per heavy atom. The van der Waals surface area contributed by atoms with Gasteiger partial charge in [0.1, 0.15) is 0 Å². The minimum Gasteiger partial charge on any atom is -0.316 e. The summed E-state index contributed by atoms with van der Waals surface area (Å²) < 4.78 is 1.39. The van der Waals surface area contributed by atoms with E-state index in [1.807, 2.05) is 11.3 Å². The van der Waals surface area contributed by atoms with Crippen LogP contribution in [0.15, 0.2) is 29.6 Å². The molecule has 1 saturated heterocycles. The smallest absolute Gasteiger partial charge is 0.0345 e. The standard InChI is InChI=1S/C9H8S.C8H17N/c1-7-6-10-9-5-3-2-4-8(7)9;1-7(2)8-4-3-5-9-6-8/h2-6H,1H3;7-9H,3-6H2,1-2H3. The fraction of sp³-hybridized carbons (Fsp3) is 0.529. The lowest BCUT2D eigenvalue weighted by Crippen LogP contribution is -2.32. The van der Waals surface area contributed by atoms with Crippen molar-refractivity contribution in [1.82, 2.24) is 5.32 Å². The van der Waals surface area contributed by atoms with E-state index in [4.69, 9.17) is 0 Å². The van der Waals surface area contributed by atoms with Crippen LogP contribution in [0.4, 0.5) is 0 Å². The first kappa shape index (κ1) is 14.5. The normalized spacial score (nSPS) is 19.3. The first-order chi connectivity index (χ1) is 9.18. The summed E-state index contributed by atoms with van der Waals surface area (Å²) >= 11 is 1.81. The third-order valence-electron chi connectivity index (χ3n) is 3.95. The van der Waals surface area contributed by atoms with E-state index >= 15 is 0 Å². The zero-order chi connectivity index (χ0) is 13.7. The second-order valence-electron chi connectivity index (χ2n) is 5.77. The molecule has 3 rings (SSSR count). The number of thiophene rings is 1. The molecule has 1 unspecified atom stereocenters. The van der Waals surface area contributed by atoms with Crippen molar-refractivity contribution in [3.05, 3.63) is 35.2 Å². The van der Waals surface area contributed by atoms with E-state index in [1.54, 1.807) is 0 Å². The molecule has 1 fully saturated rings. The van der Waals surface area contributed by atoms with Gasteiger partial charge in [0.25, 0.3) is 0 Å². The Hall–Kier alpha value is -0.860. The molecule has 1 nitrogen and oxygen atoms in total. The zero-order valence-corrected chi connectivity index (χ0v) is 13.1. The van der Waals surface area contributed by atoms with Crippen molar-refractivity contribution in [3.8, 4) is 0 Å². The van der Waals surface area contributed by atoms with Crippen LogP contribution in [0.1, 0.15) is 32.3 Å². The van der Waals surface area contributed by atoms with E-state index < -0.39 is 0 Å². The van der Waals surface area contributed by atoms with E-state index in [1.165, 1.54) is 41.6 Å². The van der Waals surface area contributed by atoms with Crippen molar-refractivity contribution < 1.29 is 0 Å². The molecule has 0 bridgehead atoms. The van der Waals surface area contributed by atoms with E-state index in [9.17, 15) is 0 Å². The maximum atomic E-state index is 3.42. The Balaban J connectivity index is 0.000000141. The molecule has 0 saturated carbocycles. The molecule has 1 N–H and O–H groups in total. The monoisotopic (exact) mass is 275 g/mol.